The van der Waals surface area contributed by atoms with Crippen LogP contribution in [0.1, 0.15) is 56.5 Å². The molecular weight excluding hydrogens is 461 g/mol. The van der Waals surface area contributed by atoms with Gasteiger partial charge in [0.15, 0.2) is 5.69 Å². The van der Waals surface area contributed by atoms with E-state index < -0.39 is 11.9 Å². The molecule has 0 N–H and O–H groups in total. The predicted molar refractivity (Wildman–Crippen MR) is 140 cm³/mol. The number of halogens is 3. The van der Waals surface area contributed by atoms with Gasteiger partial charge in [-0.3, -0.25) is 4.90 Å². The first-order valence-corrected chi connectivity index (χ1v) is 12.8. The van der Waals surface area contributed by atoms with E-state index in [1.807, 2.05) is 43.6 Å². The first kappa shape index (κ1) is 26.0. The topological polar surface area (TPSA) is 26.0 Å². The van der Waals surface area contributed by atoms with Crippen molar-refractivity contribution >= 4 is 10.9 Å². The summed E-state index contributed by atoms with van der Waals surface area (Å²) in [6, 6.07) is 17.6. The minimum atomic E-state index is -4.52. The summed E-state index contributed by atoms with van der Waals surface area (Å²) in [5.74, 6) is 0.396. The lowest BCUT2D eigenvalue weighted by Crippen LogP contribution is -2.27. The molecule has 0 aliphatic rings. The summed E-state index contributed by atoms with van der Waals surface area (Å²) in [5, 5.41) is 1.14. The molecule has 0 saturated heterocycles. The number of alkyl halides is 3. The largest absolute Gasteiger partial charge is 0.435 e. The lowest BCUT2D eigenvalue weighted by molar-refractivity contribution is -0.141. The lowest BCUT2D eigenvalue weighted by atomic mass is 10.1. The normalized spacial score (nSPS) is 12.2. The fourth-order valence-corrected chi connectivity index (χ4v) is 4.73. The Morgan fingerprint density at radius 1 is 0.917 bits per heavy atom. The minimum Gasteiger partial charge on any atom is -0.351 e. The van der Waals surface area contributed by atoms with Gasteiger partial charge in [0.2, 0.25) is 0 Å². The van der Waals surface area contributed by atoms with Crippen LogP contribution in [0.5, 0.6) is 0 Å². The summed E-state index contributed by atoms with van der Waals surface area (Å²) in [7, 11) is 2.01. The molecule has 36 heavy (non-hydrogen) atoms. The molecule has 2 aromatic carbocycles. The van der Waals surface area contributed by atoms with Crippen molar-refractivity contribution in [2.24, 2.45) is 7.05 Å². The number of nitrogens with zero attached hydrogens (tertiary/aromatic N) is 4. The van der Waals surface area contributed by atoms with Crippen LogP contribution < -0.4 is 0 Å². The molecule has 4 aromatic rings. The number of benzene rings is 2. The van der Waals surface area contributed by atoms with Gasteiger partial charge in [-0.15, -0.1) is 0 Å². The summed E-state index contributed by atoms with van der Waals surface area (Å²) in [5.41, 5.74) is 2.44. The maximum Gasteiger partial charge on any atom is 0.435 e. The fourth-order valence-electron chi connectivity index (χ4n) is 4.73. The van der Waals surface area contributed by atoms with Gasteiger partial charge in [0.05, 0.1) is 5.69 Å². The molecule has 2 heterocycles. The molecule has 192 valence electrons. The van der Waals surface area contributed by atoms with Crippen molar-refractivity contribution in [2.75, 3.05) is 6.54 Å². The first-order valence-electron chi connectivity index (χ1n) is 12.8. The van der Waals surface area contributed by atoms with Gasteiger partial charge in [-0.05, 0) is 48.5 Å². The standard InChI is InChI=1S/C29H35F3N4/c1-4-6-16-35(20-22-13-14-25-24(19-22)15-18-34(25)3)21-26-27(29(30,31)32)33-28(36(26)17-7-5-2)23-11-9-8-10-12-23/h8-15,18-19H,4-7,16-17,20-21H2,1-3H3. The molecule has 4 rings (SSSR count). The quantitative estimate of drug-likeness (QED) is 0.213. The molecule has 0 unspecified atom stereocenters. The van der Waals surface area contributed by atoms with E-state index in [1.165, 1.54) is 0 Å². The molecule has 0 saturated carbocycles. The Morgan fingerprint density at radius 2 is 1.67 bits per heavy atom. The third kappa shape index (κ3) is 5.84. The van der Waals surface area contributed by atoms with Crippen LogP contribution in [0.4, 0.5) is 13.2 Å². The van der Waals surface area contributed by atoms with Gasteiger partial charge in [0.25, 0.3) is 0 Å². The van der Waals surface area contributed by atoms with Crippen LogP contribution in [0.25, 0.3) is 22.3 Å². The Labute approximate surface area is 211 Å². The highest BCUT2D eigenvalue weighted by Gasteiger charge is 2.39. The van der Waals surface area contributed by atoms with Gasteiger partial charge in [-0.1, -0.05) is 63.1 Å². The fraction of sp³-hybridized carbons (Fsp3) is 0.414. The maximum atomic E-state index is 14.3. The molecule has 2 aromatic heterocycles. The molecule has 0 aliphatic carbocycles. The summed E-state index contributed by atoms with van der Waals surface area (Å²) < 4.78 is 46.7. The number of rotatable bonds is 11. The van der Waals surface area contributed by atoms with Crippen LogP contribution in [0, 0.1) is 0 Å². The SMILES string of the molecule is CCCCN(Cc1ccc2c(ccn2C)c1)Cc1c(C(F)(F)F)nc(-c2ccccc2)n1CCCC. The number of imidazole rings is 1. The molecule has 0 fully saturated rings. The Bertz CT molecular complexity index is 1270. The van der Waals surface area contributed by atoms with Crippen LogP contribution >= 0.6 is 0 Å². The second kappa shape index (κ2) is 11.3. The molecule has 0 aliphatic heterocycles. The highest BCUT2D eigenvalue weighted by Crippen LogP contribution is 2.36. The van der Waals surface area contributed by atoms with Crippen LogP contribution in [-0.4, -0.2) is 25.6 Å². The molecule has 0 bridgehead atoms. The van der Waals surface area contributed by atoms with E-state index in [1.54, 1.807) is 4.57 Å². The molecule has 0 radical (unpaired) electrons. The zero-order chi connectivity index (χ0) is 25.7. The molecule has 7 heteroatoms. The Hall–Kier alpha value is -3.06. The smallest absolute Gasteiger partial charge is 0.351 e. The van der Waals surface area contributed by atoms with Gasteiger partial charge in [-0.25, -0.2) is 4.98 Å². The lowest BCUT2D eigenvalue weighted by Gasteiger charge is -2.24. The van der Waals surface area contributed by atoms with E-state index in [0.29, 0.717) is 24.5 Å². The van der Waals surface area contributed by atoms with E-state index in [4.69, 9.17) is 0 Å². The second-order valence-electron chi connectivity index (χ2n) is 9.48. The summed E-state index contributed by atoms with van der Waals surface area (Å²) in [6.07, 6.45) is 1.09. The van der Waals surface area contributed by atoms with Gasteiger partial charge in [-0.2, -0.15) is 13.2 Å². The molecule has 0 amide bonds. The Balaban J connectivity index is 1.74. The van der Waals surface area contributed by atoms with Crippen LogP contribution in [0.3, 0.4) is 0 Å². The molecule has 4 nitrogen and oxygen atoms in total. The summed E-state index contributed by atoms with van der Waals surface area (Å²) in [4.78, 5) is 6.33. The van der Waals surface area contributed by atoms with Gasteiger partial charge >= 0.3 is 6.18 Å². The second-order valence-corrected chi connectivity index (χ2v) is 9.48. The summed E-state index contributed by atoms with van der Waals surface area (Å²) in [6.45, 7) is 6.18. The molecule has 0 atom stereocenters. The molecule has 0 spiro atoms. The zero-order valence-corrected chi connectivity index (χ0v) is 21.4. The Kier molecular flexibility index (Phi) is 8.19. The van der Waals surface area contributed by atoms with Crippen molar-refractivity contribution < 1.29 is 13.2 Å². The third-order valence-corrected chi connectivity index (χ3v) is 6.67. The van der Waals surface area contributed by atoms with Crippen molar-refractivity contribution in [2.45, 2.75) is 65.3 Å². The zero-order valence-electron chi connectivity index (χ0n) is 21.4. The average Bonchev–Trinajstić information content (AvgIpc) is 3.41. The van der Waals surface area contributed by atoms with Crippen molar-refractivity contribution in [3.05, 3.63) is 77.7 Å². The average molecular weight is 497 g/mol. The van der Waals surface area contributed by atoms with E-state index in [2.05, 4.69) is 52.6 Å². The van der Waals surface area contributed by atoms with Gasteiger partial charge < -0.3 is 9.13 Å². The third-order valence-electron chi connectivity index (χ3n) is 6.67. The number of hydrogen-bond acceptors (Lipinski definition) is 2. The van der Waals surface area contributed by atoms with E-state index in [0.717, 1.165) is 48.7 Å². The van der Waals surface area contributed by atoms with Crippen LogP contribution in [-0.2, 0) is 32.9 Å². The van der Waals surface area contributed by atoms with Crippen molar-refractivity contribution in [3.63, 3.8) is 0 Å². The highest BCUT2D eigenvalue weighted by molar-refractivity contribution is 5.80. The van der Waals surface area contributed by atoms with Crippen molar-refractivity contribution in [3.8, 4) is 11.4 Å². The van der Waals surface area contributed by atoms with Crippen molar-refractivity contribution in [1.29, 1.82) is 0 Å². The predicted octanol–water partition coefficient (Wildman–Crippen LogP) is 7.66. The highest BCUT2D eigenvalue weighted by atomic mass is 19.4. The minimum absolute atomic E-state index is 0.200. The van der Waals surface area contributed by atoms with Gasteiger partial charge in [0.1, 0.15) is 5.82 Å². The van der Waals surface area contributed by atoms with E-state index >= 15 is 0 Å². The summed E-state index contributed by atoms with van der Waals surface area (Å²) >= 11 is 0. The monoisotopic (exact) mass is 496 g/mol. The van der Waals surface area contributed by atoms with Crippen LogP contribution in [0.15, 0.2) is 60.8 Å². The molecular formula is C29H35F3N4. The van der Waals surface area contributed by atoms with E-state index in [9.17, 15) is 13.2 Å². The van der Waals surface area contributed by atoms with Crippen molar-refractivity contribution in [1.82, 2.24) is 19.0 Å². The maximum absolute atomic E-state index is 14.3. The number of aromatic nitrogens is 3. The van der Waals surface area contributed by atoms with E-state index in [-0.39, 0.29) is 12.2 Å². The first-order chi connectivity index (χ1) is 17.3. The number of aryl methyl sites for hydroxylation is 1. The van der Waals surface area contributed by atoms with Gasteiger partial charge in [0, 0.05) is 44.0 Å². The number of unbranched alkanes of at least 4 members (excludes halogenated alkanes) is 2. The number of fused-ring (bicyclic) bond motifs is 1. The number of hydrogen-bond donors (Lipinski definition) is 0. The Morgan fingerprint density at radius 3 is 2.36 bits per heavy atom. The van der Waals surface area contributed by atoms with Crippen LogP contribution in [0.2, 0.25) is 0 Å².